The van der Waals surface area contributed by atoms with Gasteiger partial charge in [0, 0.05) is 0 Å². The Bertz CT molecular complexity index is 838. The second-order valence-electron chi connectivity index (χ2n) is 7.12. The first-order chi connectivity index (χ1) is 12.1. The van der Waals surface area contributed by atoms with Crippen LogP contribution in [0.2, 0.25) is 0 Å². The molecule has 0 aliphatic heterocycles. The van der Waals surface area contributed by atoms with Gasteiger partial charge in [0.2, 0.25) is 0 Å². The number of aryl methyl sites for hydroxylation is 1. The SMILES string of the molecule is CCc1cccc(-c2cc(F)c(C(C)=O)c(NC(=O)OC(C)(C)C)c2)c1. The maximum atomic E-state index is 14.6. The highest BCUT2D eigenvalue weighted by atomic mass is 19.1. The van der Waals surface area contributed by atoms with Crippen molar-refractivity contribution in [3.63, 3.8) is 0 Å². The molecule has 0 heterocycles. The Morgan fingerprint density at radius 3 is 2.38 bits per heavy atom. The first-order valence-corrected chi connectivity index (χ1v) is 8.54. The van der Waals surface area contributed by atoms with Crippen LogP contribution in [0.4, 0.5) is 14.9 Å². The van der Waals surface area contributed by atoms with E-state index in [4.69, 9.17) is 4.74 Å². The average molecular weight is 357 g/mol. The zero-order valence-electron chi connectivity index (χ0n) is 15.8. The zero-order chi connectivity index (χ0) is 19.5. The second-order valence-corrected chi connectivity index (χ2v) is 7.12. The molecule has 0 spiro atoms. The Balaban J connectivity index is 2.49. The fourth-order valence-electron chi connectivity index (χ4n) is 2.61. The van der Waals surface area contributed by atoms with Crippen LogP contribution in [0.1, 0.15) is 50.5 Å². The van der Waals surface area contributed by atoms with E-state index in [-0.39, 0.29) is 11.3 Å². The number of halogens is 1. The van der Waals surface area contributed by atoms with Gasteiger partial charge >= 0.3 is 6.09 Å². The molecule has 0 saturated carbocycles. The molecule has 138 valence electrons. The molecule has 0 bridgehead atoms. The first kappa shape index (κ1) is 19.6. The summed E-state index contributed by atoms with van der Waals surface area (Å²) in [7, 11) is 0. The predicted molar refractivity (Wildman–Crippen MR) is 101 cm³/mol. The van der Waals surface area contributed by atoms with Crippen LogP contribution >= 0.6 is 0 Å². The summed E-state index contributed by atoms with van der Waals surface area (Å²) in [5.41, 5.74) is 1.74. The molecule has 0 aliphatic rings. The van der Waals surface area contributed by atoms with Gasteiger partial charge in [0.25, 0.3) is 0 Å². The van der Waals surface area contributed by atoms with E-state index in [1.165, 1.54) is 13.0 Å². The van der Waals surface area contributed by atoms with Gasteiger partial charge in [0.1, 0.15) is 11.4 Å². The summed E-state index contributed by atoms with van der Waals surface area (Å²) in [6, 6.07) is 10.6. The van der Waals surface area contributed by atoms with Crippen molar-refractivity contribution < 1.29 is 18.7 Å². The Morgan fingerprint density at radius 1 is 1.12 bits per heavy atom. The van der Waals surface area contributed by atoms with Crippen LogP contribution in [0.3, 0.4) is 0 Å². The summed E-state index contributed by atoms with van der Waals surface area (Å²) in [6.07, 6.45) is 0.115. The summed E-state index contributed by atoms with van der Waals surface area (Å²) < 4.78 is 19.8. The van der Waals surface area contributed by atoms with Gasteiger partial charge in [-0.2, -0.15) is 0 Å². The van der Waals surface area contributed by atoms with Crippen molar-refractivity contribution in [2.75, 3.05) is 5.32 Å². The van der Waals surface area contributed by atoms with Crippen LogP contribution in [0.5, 0.6) is 0 Å². The number of hydrogen-bond acceptors (Lipinski definition) is 3. The number of amides is 1. The topological polar surface area (TPSA) is 55.4 Å². The molecule has 0 aliphatic carbocycles. The molecule has 26 heavy (non-hydrogen) atoms. The number of rotatable bonds is 4. The summed E-state index contributed by atoms with van der Waals surface area (Å²) in [5, 5.41) is 2.51. The molecule has 1 amide bonds. The number of nitrogens with one attached hydrogen (secondary N) is 1. The van der Waals surface area contributed by atoms with Gasteiger partial charge in [0.05, 0.1) is 11.3 Å². The van der Waals surface area contributed by atoms with Gasteiger partial charge in [-0.25, -0.2) is 9.18 Å². The minimum Gasteiger partial charge on any atom is -0.444 e. The minimum atomic E-state index is -0.737. The number of hydrogen-bond donors (Lipinski definition) is 1. The van der Waals surface area contributed by atoms with Gasteiger partial charge in [-0.3, -0.25) is 10.1 Å². The van der Waals surface area contributed by atoms with E-state index in [0.717, 1.165) is 17.5 Å². The predicted octanol–water partition coefficient (Wildman–Crippen LogP) is 5.60. The number of carbonyl (C=O) groups excluding carboxylic acids is 2. The monoisotopic (exact) mass is 357 g/mol. The standard InChI is InChI=1S/C21H24FNO3/c1-6-14-8-7-9-15(10-14)16-11-17(22)19(13(2)24)18(12-16)23-20(25)26-21(3,4)5/h7-12H,6H2,1-5H3,(H,23,25). The van der Waals surface area contributed by atoms with Crippen molar-refractivity contribution in [2.24, 2.45) is 0 Å². The smallest absolute Gasteiger partial charge is 0.412 e. The van der Waals surface area contributed by atoms with Crippen LogP contribution in [0, 0.1) is 5.82 Å². The van der Waals surface area contributed by atoms with Gasteiger partial charge in [-0.1, -0.05) is 31.2 Å². The van der Waals surface area contributed by atoms with Gasteiger partial charge < -0.3 is 4.74 Å². The molecule has 0 atom stereocenters. The van der Waals surface area contributed by atoms with Crippen molar-refractivity contribution in [1.82, 2.24) is 0 Å². The van der Waals surface area contributed by atoms with Gasteiger partial charge in [-0.15, -0.1) is 0 Å². The highest BCUT2D eigenvalue weighted by molar-refractivity contribution is 6.03. The number of ether oxygens (including phenoxy) is 1. The molecule has 5 heteroatoms. The molecule has 1 N–H and O–H groups in total. The molecule has 0 aromatic heterocycles. The van der Waals surface area contributed by atoms with Gasteiger partial charge in [0.15, 0.2) is 5.78 Å². The molecular weight excluding hydrogens is 333 g/mol. The molecule has 0 unspecified atom stereocenters. The van der Waals surface area contributed by atoms with E-state index >= 15 is 0 Å². The minimum absolute atomic E-state index is 0.101. The van der Waals surface area contributed by atoms with Crippen LogP contribution in [-0.2, 0) is 11.2 Å². The largest absolute Gasteiger partial charge is 0.444 e. The van der Waals surface area contributed by atoms with Gasteiger partial charge in [-0.05, 0) is 62.9 Å². The molecule has 2 aromatic rings. The lowest BCUT2D eigenvalue weighted by atomic mass is 9.98. The quantitative estimate of drug-likeness (QED) is 0.724. The highest BCUT2D eigenvalue weighted by Crippen LogP contribution is 2.30. The Kier molecular flexibility index (Phi) is 5.80. The highest BCUT2D eigenvalue weighted by Gasteiger charge is 2.21. The number of ketones is 1. The fraction of sp³-hybridized carbons (Fsp3) is 0.333. The van der Waals surface area contributed by atoms with Crippen molar-refractivity contribution in [2.45, 2.75) is 46.6 Å². The lowest BCUT2D eigenvalue weighted by Gasteiger charge is -2.20. The number of carbonyl (C=O) groups is 2. The third-order valence-electron chi connectivity index (χ3n) is 3.75. The lowest BCUT2D eigenvalue weighted by Crippen LogP contribution is -2.27. The molecule has 4 nitrogen and oxygen atoms in total. The maximum absolute atomic E-state index is 14.6. The van der Waals surface area contributed by atoms with Crippen LogP contribution in [-0.4, -0.2) is 17.5 Å². The van der Waals surface area contributed by atoms with Crippen LogP contribution in [0.15, 0.2) is 36.4 Å². The number of benzene rings is 2. The third kappa shape index (κ3) is 4.91. The molecule has 0 fully saturated rings. The van der Waals surface area contributed by atoms with Crippen molar-refractivity contribution >= 4 is 17.6 Å². The van der Waals surface area contributed by atoms with E-state index in [1.807, 2.05) is 31.2 Å². The summed E-state index contributed by atoms with van der Waals surface area (Å²) in [6.45, 7) is 8.48. The fourth-order valence-corrected chi connectivity index (χ4v) is 2.61. The molecular formula is C21H24FNO3. The number of anilines is 1. The maximum Gasteiger partial charge on any atom is 0.412 e. The lowest BCUT2D eigenvalue weighted by molar-refractivity contribution is 0.0636. The van der Waals surface area contributed by atoms with E-state index in [1.54, 1.807) is 26.8 Å². The van der Waals surface area contributed by atoms with E-state index in [9.17, 15) is 14.0 Å². The normalized spacial score (nSPS) is 11.2. The summed E-state index contributed by atoms with van der Waals surface area (Å²) in [5.74, 6) is -1.15. The van der Waals surface area contributed by atoms with E-state index in [0.29, 0.717) is 5.56 Å². The van der Waals surface area contributed by atoms with Crippen LogP contribution < -0.4 is 5.32 Å². The van der Waals surface area contributed by atoms with E-state index < -0.39 is 23.3 Å². The molecule has 0 saturated heterocycles. The summed E-state index contributed by atoms with van der Waals surface area (Å²) in [4.78, 5) is 24.0. The van der Waals surface area contributed by atoms with Crippen molar-refractivity contribution in [1.29, 1.82) is 0 Å². The van der Waals surface area contributed by atoms with Crippen LogP contribution in [0.25, 0.3) is 11.1 Å². The van der Waals surface area contributed by atoms with Crippen molar-refractivity contribution in [3.05, 3.63) is 53.3 Å². The Morgan fingerprint density at radius 2 is 1.81 bits per heavy atom. The summed E-state index contributed by atoms with van der Waals surface area (Å²) >= 11 is 0. The number of Topliss-reactive ketones (excluding diaryl/α,β-unsaturated/α-hetero) is 1. The Labute approximate surface area is 153 Å². The molecule has 0 radical (unpaired) electrons. The second kappa shape index (κ2) is 7.68. The zero-order valence-corrected chi connectivity index (χ0v) is 15.8. The molecule has 2 rings (SSSR count). The first-order valence-electron chi connectivity index (χ1n) is 8.54. The molecule has 2 aromatic carbocycles. The Hall–Kier alpha value is -2.69. The third-order valence-corrected chi connectivity index (χ3v) is 3.75. The average Bonchev–Trinajstić information content (AvgIpc) is 2.52. The van der Waals surface area contributed by atoms with E-state index in [2.05, 4.69) is 5.32 Å². The van der Waals surface area contributed by atoms with Crippen molar-refractivity contribution in [3.8, 4) is 11.1 Å².